The number of carbonyl (C=O) groups excluding carboxylic acids is 3. The standard InChI is InChI=1S/C19H28N2O4/c1-5-6-7-11-21(13-14(2)19(24)25-4)18(23)16-9-8-10-17(12-16)20-15(3)22/h8-10,12,14H,5-7,11,13H2,1-4H3,(H,20,22). The Balaban J connectivity index is 2.93. The lowest BCUT2D eigenvalue weighted by atomic mass is 10.1. The third kappa shape index (κ3) is 6.95. The van der Waals surface area contributed by atoms with Crippen molar-refractivity contribution in [2.24, 2.45) is 5.92 Å². The molecule has 0 bridgehead atoms. The van der Waals surface area contributed by atoms with E-state index < -0.39 is 5.92 Å². The summed E-state index contributed by atoms with van der Waals surface area (Å²) in [4.78, 5) is 37.5. The van der Waals surface area contributed by atoms with Crippen LogP contribution in [0.5, 0.6) is 0 Å². The highest BCUT2D eigenvalue weighted by Gasteiger charge is 2.22. The van der Waals surface area contributed by atoms with Crippen molar-refractivity contribution in [2.45, 2.75) is 40.0 Å². The van der Waals surface area contributed by atoms with Crippen molar-refractivity contribution < 1.29 is 19.1 Å². The third-order valence-electron chi connectivity index (χ3n) is 3.85. The van der Waals surface area contributed by atoms with E-state index in [0.29, 0.717) is 24.3 Å². The SMILES string of the molecule is CCCCCN(CC(C)C(=O)OC)C(=O)c1cccc(NC(C)=O)c1. The number of hydrogen-bond acceptors (Lipinski definition) is 4. The molecule has 138 valence electrons. The van der Waals surface area contributed by atoms with Crippen LogP contribution < -0.4 is 5.32 Å². The van der Waals surface area contributed by atoms with Gasteiger partial charge in [-0.1, -0.05) is 32.8 Å². The fourth-order valence-corrected chi connectivity index (χ4v) is 2.55. The van der Waals surface area contributed by atoms with Crippen molar-refractivity contribution >= 4 is 23.5 Å². The van der Waals surface area contributed by atoms with Gasteiger partial charge in [0.25, 0.3) is 5.91 Å². The number of anilines is 1. The summed E-state index contributed by atoms with van der Waals surface area (Å²) in [5.74, 6) is -1.07. The summed E-state index contributed by atoms with van der Waals surface area (Å²) >= 11 is 0. The number of benzene rings is 1. The fraction of sp³-hybridized carbons (Fsp3) is 0.526. The third-order valence-corrected chi connectivity index (χ3v) is 3.85. The summed E-state index contributed by atoms with van der Waals surface area (Å²) in [6.45, 7) is 6.15. The number of rotatable bonds is 9. The van der Waals surface area contributed by atoms with Crippen LogP contribution in [0, 0.1) is 5.92 Å². The van der Waals surface area contributed by atoms with E-state index in [9.17, 15) is 14.4 Å². The quantitative estimate of drug-likeness (QED) is 0.550. The highest BCUT2D eigenvalue weighted by atomic mass is 16.5. The number of nitrogens with zero attached hydrogens (tertiary/aromatic N) is 1. The van der Waals surface area contributed by atoms with Crippen LogP contribution in [0.4, 0.5) is 5.69 Å². The van der Waals surface area contributed by atoms with Crippen LogP contribution in [0.25, 0.3) is 0 Å². The maximum atomic E-state index is 12.9. The van der Waals surface area contributed by atoms with Gasteiger partial charge in [0.2, 0.25) is 5.91 Å². The van der Waals surface area contributed by atoms with Crippen LogP contribution in [0.15, 0.2) is 24.3 Å². The van der Waals surface area contributed by atoms with E-state index in [1.165, 1.54) is 14.0 Å². The van der Waals surface area contributed by atoms with Gasteiger partial charge >= 0.3 is 5.97 Å². The molecule has 1 aromatic rings. The van der Waals surface area contributed by atoms with Crippen molar-refractivity contribution in [3.05, 3.63) is 29.8 Å². The van der Waals surface area contributed by atoms with E-state index in [0.717, 1.165) is 19.3 Å². The second-order valence-electron chi connectivity index (χ2n) is 6.14. The van der Waals surface area contributed by atoms with Gasteiger partial charge in [-0.25, -0.2) is 0 Å². The Morgan fingerprint density at radius 2 is 1.96 bits per heavy atom. The molecule has 0 radical (unpaired) electrons. The number of hydrogen-bond donors (Lipinski definition) is 1. The van der Waals surface area contributed by atoms with Gasteiger partial charge in [0.05, 0.1) is 13.0 Å². The van der Waals surface area contributed by atoms with Crippen LogP contribution in [0.2, 0.25) is 0 Å². The zero-order valence-electron chi connectivity index (χ0n) is 15.5. The second kappa shape index (κ2) is 10.5. The molecule has 6 heteroatoms. The van der Waals surface area contributed by atoms with Crippen molar-refractivity contribution in [2.75, 3.05) is 25.5 Å². The lowest BCUT2D eigenvalue weighted by Crippen LogP contribution is -2.38. The van der Waals surface area contributed by atoms with E-state index in [2.05, 4.69) is 12.2 Å². The van der Waals surface area contributed by atoms with Crippen LogP contribution in [-0.2, 0) is 14.3 Å². The number of amides is 2. The molecule has 1 rings (SSSR count). The molecular weight excluding hydrogens is 320 g/mol. The number of nitrogens with one attached hydrogen (secondary N) is 1. The predicted octanol–water partition coefficient (Wildman–Crippen LogP) is 3.09. The average molecular weight is 348 g/mol. The number of unbranched alkanes of at least 4 members (excludes halogenated alkanes) is 2. The molecule has 0 aliphatic rings. The highest BCUT2D eigenvalue weighted by molar-refractivity contribution is 5.97. The van der Waals surface area contributed by atoms with E-state index in [4.69, 9.17) is 4.74 Å². The second-order valence-corrected chi connectivity index (χ2v) is 6.14. The van der Waals surface area contributed by atoms with Gasteiger partial charge in [-0.3, -0.25) is 14.4 Å². The number of ether oxygens (including phenoxy) is 1. The molecule has 0 aliphatic heterocycles. The fourth-order valence-electron chi connectivity index (χ4n) is 2.55. The molecule has 1 N–H and O–H groups in total. The van der Waals surface area contributed by atoms with Crippen molar-refractivity contribution in [1.82, 2.24) is 4.90 Å². The van der Waals surface area contributed by atoms with Crippen LogP contribution >= 0.6 is 0 Å². The minimum atomic E-state index is -0.394. The molecule has 0 aromatic heterocycles. The normalized spacial score (nSPS) is 11.5. The molecule has 2 amide bonds. The van der Waals surface area contributed by atoms with Gasteiger partial charge < -0.3 is 15.0 Å². The monoisotopic (exact) mass is 348 g/mol. The molecule has 0 saturated carbocycles. The van der Waals surface area contributed by atoms with E-state index in [-0.39, 0.29) is 17.8 Å². The topological polar surface area (TPSA) is 75.7 Å². The van der Waals surface area contributed by atoms with E-state index in [1.807, 2.05) is 0 Å². The first-order chi connectivity index (χ1) is 11.9. The Labute approximate surface area is 149 Å². The first-order valence-electron chi connectivity index (χ1n) is 8.63. The van der Waals surface area contributed by atoms with Gasteiger partial charge in [-0.2, -0.15) is 0 Å². The number of esters is 1. The zero-order valence-corrected chi connectivity index (χ0v) is 15.5. The first-order valence-corrected chi connectivity index (χ1v) is 8.63. The van der Waals surface area contributed by atoms with Gasteiger partial charge in [-0.15, -0.1) is 0 Å². The van der Waals surface area contributed by atoms with E-state index >= 15 is 0 Å². The largest absolute Gasteiger partial charge is 0.469 e. The number of carbonyl (C=O) groups is 3. The zero-order chi connectivity index (χ0) is 18.8. The lowest BCUT2D eigenvalue weighted by Gasteiger charge is -2.25. The summed E-state index contributed by atoms with van der Waals surface area (Å²) in [5, 5.41) is 2.68. The molecule has 1 atom stereocenters. The molecule has 0 aliphatic carbocycles. The van der Waals surface area contributed by atoms with Gasteiger partial charge in [0.15, 0.2) is 0 Å². The molecule has 0 saturated heterocycles. The summed E-state index contributed by atoms with van der Waals surface area (Å²) < 4.78 is 4.76. The summed E-state index contributed by atoms with van der Waals surface area (Å²) in [6.07, 6.45) is 2.94. The van der Waals surface area contributed by atoms with Crippen LogP contribution in [0.1, 0.15) is 50.4 Å². The Hall–Kier alpha value is -2.37. The van der Waals surface area contributed by atoms with Crippen molar-refractivity contribution in [3.63, 3.8) is 0 Å². The molecular formula is C19H28N2O4. The maximum absolute atomic E-state index is 12.9. The van der Waals surface area contributed by atoms with Gasteiger partial charge in [0, 0.05) is 31.3 Å². The summed E-state index contributed by atoms with van der Waals surface area (Å²) in [5.41, 5.74) is 1.06. The molecule has 1 unspecified atom stereocenters. The number of methoxy groups -OCH3 is 1. The Bertz CT molecular complexity index is 601. The lowest BCUT2D eigenvalue weighted by molar-refractivity contribution is -0.145. The summed E-state index contributed by atoms with van der Waals surface area (Å²) in [6, 6.07) is 6.83. The predicted molar refractivity (Wildman–Crippen MR) is 97.4 cm³/mol. The van der Waals surface area contributed by atoms with Crippen molar-refractivity contribution in [1.29, 1.82) is 0 Å². The van der Waals surface area contributed by atoms with Gasteiger partial charge in [0.1, 0.15) is 0 Å². The first kappa shape index (κ1) is 20.7. The molecule has 1 aromatic carbocycles. The minimum Gasteiger partial charge on any atom is -0.469 e. The van der Waals surface area contributed by atoms with Crippen molar-refractivity contribution in [3.8, 4) is 0 Å². The average Bonchev–Trinajstić information content (AvgIpc) is 2.59. The Morgan fingerprint density at radius 3 is 2.56 bits per heavy atom. The maximum Gasteiger partial charge on any atom is 0.310 e. The Morgan fingerprint density at radius 1 is 1.24 bits per heavy atom. The Kier molecular flexibility index (Phi) is 8.67. The molecule has 0 fully saturated rings. The van der Waals surface area contributed by atoms with Crippen LogP contribution in [0.3, 0.4) is 0 Å². The molecule has 0 spiro atoms. The molecule has 0 heterocycles. The highest BCUT2D eigenvalue weighted by Crippen LogP contribution is 2.15. The molecule has 6 nitrogen and oxygen atoms in total. The minimum absolute atomic E-state index is 0.154. The van der Waals surface area contributed by atoms with Gasteiger partial charge in [-0.05, 0) is 24.6 Å². The van der Waals surface area contributed by atoms with Crippen LogP contribution in [-0.4, -0.2) is 42.9 Å². The smallest absolute Gasteiger partial charge is 0.310 e. The molecule has 25 heavy (non-hydrogen) atoms. The summed E-state index contributed by atoms with van der Waals surface area (Å²) in [7, 11) is 1.35. The van der Waals surface area contributed by atoms with E-state index in [1.54, 1.807) is 36.1 Å².